The number of aliphatic hydroxyl groups is 1. The lowest BCUT2D eigenvalue weighted by molar-refractivity contribution is 0.302. The maximum atomic E-state index is 9.03. The molecule has 1 aromatic heterocycles. The van der Waals surface area contributed by atoms with Gasteiger partial charge in [0.15, 0.2) is 0 Å². The van der Waals surface area contributed by atoms with Gasteiger partial charge in [0.25, 0.3) is 0 Å². The Balaban J connectivity index is 2.99. The van der Waals surface area contributed by atoms with Crippen molar-refractivity contribution in [1.29, 1.82) is 0 Å². The van der Waals surface area contributed by atoms with Crippen LogP contribution in [0.1, 0.15) is 26.6 Å². The van der Waals surface area contributed by atoms with Gasteiger partial charge in [0.1, 0.15) is 17.5 Å². The average Bonchev–Trinajstić information content (AvgIpc) is 2.35. The van der Waals surface area contributed by atoms with E-state index in [-0.39, 0.29) is 6.61 Å². The van der Waals surface area contributed by atoms with Crippen molar-refractivity contribution in [3.63, 3.8) is 0 Å². The third kappa shape index (κ3) is 3.85. The van der Waals surface area contributed by atoms with Gasteiger partial charge < -0.3 is 15.3 Å². The fraction of sp³-hybridized carbons (Fsp3) is 0.667. The Labute approximate surface area is 103 Å². The summed E-state index contributed by atoms with van der Waals surface area (Å²) in [5, 5.41) is 12.2. The van der Waals surface area contributed by atoms with Gasteiger partial charge in [-0.1, -0.05) is 6.92 Å². The Morgan fingerprint density at radius 3 is 2.59 bits per heavy atom. The lowest BCUT2D eigenvalue weighted by Gasteiger charge is -2.21. The molecule has 0 aliphatic carbocycles. The zero-order valence-electron chi connectivity index (χ0n) is 10.9. The van der Waals surface area contributed by atoms with Gasteiger partial charge in [-0.3, -0.25) is 0 Å². The largest absolute Gasteiger partial charge is 0.395 e. The predicted molar refractivity (Wildman–Crippen MR) is 70.5 cm³/mol. The molecule has 2 N–H and O–H groups in total. The highest BCUT2D eigenvalue weighted by Gasteiger charge is 2.09. The maximum absolute atomic E-state index is 9.03. The Morgan fingerprint density at radius 2 is 2.06 bits per heavy atom. The monoisotopic (exact) mass is 238 g/mol. The molecule has 1 heterocycles. The fourth-order valence-corrected chi connectivity index (χ4v) is 1.63. The summed E-state index contributed by atoms with van der Waals surface area (Å²) >= 11 is 0. The third-order valence-electron chi connectivity index (χ3n) is 2.51. The molecular formula is C12H22N4O. The van der Waals surface area contributed by atoms with Crippen LogP contribution in [0, 0.1) is 0 Å². The summed E-state index contributed by atoms with van der Waals surface area (Å²) in [7, 11) is 0. The summed E-state index contributed by atoms with van der Waals surface area (Å²) in [5.74, 6) is 2.56. The summed E-state index contributed by atoms with van der Waals surface area (Å²) in [4.78, 5) is 10.9. The van der Waals surface area contributed by atoms with Crippen molar-refractivity contribution >= 4 is 11.6 Å². The molecule has 0 aliphatic heterocycles. The molecule has 0 atom stereocenters. The highest BCUT2D eigenvalue weighted by Crippen LogP contribution is 2.16. The number of nitrogens with one attached hydrogen (secondary N) is 1. The number of aliphatic hydroxyl groups excluding tert-OH is 1. The lowest BCUT2D eigenvalue weighted by atomic mass is 10.4. The van der Waals surface area contributed by atoms with E-state index >= 15 is 0 Å². The number of aryl methyl sites for hydroxylation is 1. The Hall–Kier alpha value is -1.36. The molecule has 1 rings (SSSR count). The van der Waals surface area contributed by atoms with Crippen LogP contribution >= 0.6 is 0 Å². The van der Waals surface area contributed by atoms with Crippen LogP contribution in [0.25, 0.3) is 0 Å². The minimum Gasteiger partial charge on any atom is -0.395 e. The number of hydrogen-bond acceptors (Lipinski definition) is 5. The van der Waals surface area contributed by atoms with E-state index < -0.39 is 0 Å². The number of likely N-dealkylation sites (N-methyl/N-ethyl adjacent to an activating group) is 1. The molecule has 0 saturated heterocycles. The van der Waals surface area contributed by atoms with Crippen LogP contribution in [0.2, 0.25) is 0 Å². The van der Waals surface area contributed by atoms with Crippen molar-refractivity contribution < 1.29 is 5.11 Å². The number of nitrogens with zero attached hydrogens (tertiary/aromatic N) is 3. The first-order chi connectivity index (χ1) is 8.24. The Kier molecular flexibility index (Phi) is 5.69. The lowest BCUT2D eigenvalue weighted by Crippen LogP contribution is -2.27. The topological polar surface area (TPSA) is 61.3 Å². The van der Waals surface area contributed by atoms with E-state index in [9.17, 15) is 0 Å². The molecule has 0 amide bonds. The second-order valence-corrected chi connectivity index (χ2v) is 3.71. The summed E-state index contributed by atoms with van der Waals surface area (Å²) in [6.07, 6.45) is 0.808. The molecule has 1 aromatic rings. The first kappa shape index (κ1) is 13.7. The molecule has 0 aromatic carbocycles. The van der Waals surface area contributed by atoms with E-state index in [0.29, 0.717) is 6.54 Å². The molecule has 96 valence electrons. The van der Waals surface area contributed by atoms with Crippen molar-refractivity contribution in [2.75, 3.05) is 36.5 Å². The number of aromatic nitrogens is 2. The van der Waals surface area contributed by atoms with Gasteiger partial charge in [-0.2, -0.15) is 0 Å². The van der Waals surface area contributed by atoms with Crippen LogP contribution in [-0.4, -0.2) is 41.3 Å². The van der Waals surface area contributed by atoms with Crippen LogP contribution in [0.5, 0.6) is 0 Å². The molecule has 0 unspecified atom stereocenters. The van der Waals surface area contributed by atoms with Crippen molar-refractivity contribution in [3.05, 3.63) is 11.9 Å². The highest BCUT2D eigenvalue weighted by molar-refractivity contribution is 5.49. The van der Waals surface area contributed by atoms with Crippen LogP contribution in [0.15, 0.2) is 6.07 Å². The van der Waals surface area contributed by atoms with Crippen LogP contribution in [0.3, 0.4) is 0 Å². The SMILES string of the molecule is CCNc1cc(N(CC)CCO)nc(CC)n1. The van der Waals surface area contributed by atoms with Gasteiger partial charge in [0, 0.05) is 32.1 Å². The smallest absolute Gasteiger partial charge is 0.134 e. The zero-order chi connectivity index (χ0) is 12.7. The fourth-order valence-electron chi connectivity index (χ4n) is 1.63. The Bertz CT molecular complexity index is 343. The summed E-state index contributed by atoms with van der Waals surface area (Å²) in [5.41, 5.74) is 0. The number of hydrogen-bond donors (Lipinski definition) is 2. The van der Waals surface area contributed by atoms with Crippen molar-refractivity contribution in [2.45, 2.75) is 27.2 Å². The minimum atomic E-state index is 0.135. The second-order valence-electron chi connectivity index (χ2n) is 3.71. The highest BCUT2D eigenvalue weighted by atomic mass is 16.3. The maximum Gasteiger partial charge on any atom is 0.134 e. The number of anilines is 2. The van der Waals surface area contributed by atoms with E-state index in [1.165, 1.54) is 0 Å². The first-order valence-electron chi connectivity index (χ1n) is 6.22. The summed E-state index contributed by atoms with van der Waals surface area (Å²) in [6.45, 7) is 8.53. The van der Waals surface area contributed by atoms with E-state index in [1.54, 1.807) is 0 Å². The molecule has 0 radical (unpaired) electrons. The van der Waals surface area contributed by atoms with Crippen LogP contribution in [-0.2, 0) is 6.42 Å². The molecule has 0 fully saturated rings. The van der Waals surface area contributed by atoms with Gasteiger partial charge in [0.05, 0.1) is 6.61 Å². The molecule has 17 heavy (non-hydrogen) atoms. The van der Waals surface area contributed by atoms with Crippen molar-refractivity contribution in [3.8, 4) is 0 Å². The zero-order valence-corrected chi connectivity index (χ0v) is 10.9. The first-order valence-corrected chi connectivity index (χ1v) is 6.22. The minimum absolute atomic E-state index is 0.135. The molecule has 5 heteroatoms. The van der Waals surface area contributed by atoms with Crippen LogP contribution in [0.4, 0.5) is 11.6 Å². The van der Waals surface area contributed by atoms with Crippen molar-refractivity contribution in [2.24, 2.45) is 0 Å². The van der Waals surface area contributed by atoms with Crippen molar-refractivity contribution in [1.82, 2.24) is 9.97 Å². The van der Waals surface area contributed by atoms with Gasteiger partial charge in [-0.25, -0.2) is 9.97 Å². The molecular weight excluding hydrogens is 216 g/mol. The molecule has 0 aliphatic rings. The second kappa shape index (κ2) is 7.06. The standard InChI is InChI=1S/C12H22N4O/c1-4-10-14-11(13-5-2)9-12(15-10)16(6-3)7-8-17/h9,17H,4-8H2,1-3H3,(H,13,14,15). The quantitative estimate of drug-likeness (QED) is 0.749. The van der Waals surface area contributed by atoms with E-state index in [0.717, 1.165) is 37.0 Å². The van der Waals surface area contributed by atoms with Gasteiger partial charge in [0.2, 0.25) is 0 Å². The predicted octanol–water partition coefficient (Wildman–Crippen LogP) is 1.29. The molecule has 5 nitrogen and oxygen atoms in total. The molecule has 0 bridgehead atoms. The molecule has 0 saturated carbocycles. The van der Waals surface area contributed by atoms with E-state index in [2.05, 4.69) is 22.2 Å². The van der Waals surface area contributed by atoms with Gasteiger partial charge in [-0.15, -0.1) is 0 Å². The third-order valence-corrected chi connectivity index (χ3v) is 2.51. The van der Waals surface area contributed by atoms with E-state index in [1.807, 2.05) is 24.8 Å². The molecule has 0 spiro atoms. The summed E-state index contributed by atoms with van der Waals surface area (Å²) < 4.78 is 0. The summed E-state index contributed by atoms with van der Waals surface area (Å²) in [6, 6.07) is 1.93. The van der Waals surface area contributed by atoms with Gasteiger partial charge in [-0.05, 0) is 13.8 Å². The van der Waals surface area contributed by atoms with E-state index in [4.69, 9.17) is 5.11 Å². The number of rotatable bonds is 7. The average molecular weight is 238 g/mol. The van der Waals surface area contributed by atoms with Gasteiger partial charge >= 0.3 is 0 Å². The normalized spacial score (nSPS) is 10.4. The Morgan fingerprint density at radius 1 is 1.29 bits per heavy atom. The van der Waals surface area contributed by atoms with Crippen LogP contribution < -0.4 is 10.2 Å².